The molecule has 0 radical (unpaired) electrons. The maximum Gasteiger partial charge on any atom is 0.314 e. The first-order chi connectivity index (χ1) is 10.1. The molecular weight excluding hydrogens is 262 g/mol. The quantitative estimate of drug-likeness (QED) is 0.912. The molecule has 1 unspecified atom stereocenters. The molecule has 1 heterocycles. The Balaban J connectivity index is 1.90. The molecule has 1 aromatic carbocycles. The molecule has 3 nitrogen and oxygen atoms in total. The molecule has 0 saturated heterocycles. The summed E-state index contributed by atoms with van der Waals surface area (Å²) >= 11 is 0. The van der Waals surface area contributed by atoms with Crippen molar-refractivity contribution in [2.45, 2.75) is 37.5 Å². The number of carboxylic acid groups (broad SMARTS) is 1. The van der Waals surface area contributed by atoms with Gasteiger partial charge in [-0.25, -0.2) is 0 Å². The van der Waals surface area contributed by atoms with Gasteiger partial charge < -0.3 is 5.11 Å². The average Bonchev–Trinajstić information content (AvgIpc) is 3.33. The topological polar surface area (TPSA) is 50.2 Å². The number of aliphatic carboxylic acids is 1. The smallest absolute Gasteiger partial charge is 0.314 e. The Morgan fingerprint density at radius 2 is 2.00 bits per heavy atom. The first-order valence-corrected chi connectivity index (χ1v) is 7.32. The van der Waals surface area contributed by atoms with Crippen LogP contribution in [0.1, 0.15) is 42.4 Å². The maximum absolute atomic E-state index is 11.8. The number of aromatic nitrogens is 1. The summed E-state index contributed by atoms with van der Waals surface area (Å²) in [4.78, 5) is 15.9. The third-order valence-corrected chi connectivity index (χ3v) is 4.35. The fourth-order valence-electron chi connectivity index (χ4n) is 2.75. The van der Waals surface area contributed by atoms with Gasteiger partial charge in [-0.05, 0) is 54.9 Å². The van der Waals surface area contributed by atoms with Gasteiger partial charge in [-0.15, -0.1) is 0 Å². The van der Waals surface area contributed by atoms with Gasteiger partial charge >= 0.3 is 5.97 Å². The Morgan fingerprint density at radius 3 is 2.52 bits per heavy atom. The molecule has 3 heteroatoms. The van der Waals surface area contributed by atoms with Crippen molar-refractivity contribution in [3.05, 3.63) is 65.5 Å². The van der Waals surface area contributed by atoms with Crippen LogP contribution in [-0.4, -0.2) is 16.1 Å². The van der Waals surface area contributed by atoms with Crippen molar-refractivity contribution < 1.29 is 9.90 Å². The summed E-state index contributed by atoms with van der Waals surface area (Å²) in [5.74, 6) is -0.112. The minimum absolute atomic E-state index is 0.443. The van der Waals surface area contributed by atoms with Crippen molar-refractivity contribution in [2.24, 2.45) is 0 Å². The van der Waals surface area contributed by atoms with Crippen LogP contribution in [0.4, 0.5) is 0 Å². The standard InChI is InChI=1S/C18H19NO2/c1-18(17(20)21,11-13-3-2-10-19-12-13)16-8-6-15(7-9-16)14-4-5-14/h2-3,6-10,12,14H,4-5,11H2,1H3,(H,20,21). The fourth-order valence-corrected chi connectivity index (χ4v) is 2.75. The number of carboxylic acids is 1. The fraction of sp³-hybridized carbons (Fsp3) is 0.333. The number of carbonyl (C=O) groups is 1. The molecule has 1 aromatic heterocycles. The van der Waals surface area contributed by atoms with E-state index in [0.717, 1.165) is 11.1 Å². The summed E-state index contributed by atoms with van der Waals surface area (Å²) in [6, 6.07) is 11.9. The van der Waals surface area contributed by atoms with Crippen LogP contribution < -0.4 is 0 Å². The van der Waals surface area contributed by atoms with Gasteiger partial charge in [-0.3, -0.25) is 9.78 Å². The van der Waals surface area contributed by atoms with Crippen LogP contribution in [0.25, 0.3) is 0 Å². The Bertz CT molecular complexity index is 632. The van der Waals surface area contributed by atoms with Crippen molar-refractivity contribution in [3.8, 4) is 0 Å². The molecule has 1 N–H and O–H groups in total. The van der Waals surface area contributed by atoms with Gasteiger partial charge in [0, 0.05) is 12.4 Å². The summed E-state index contributed by atoms with van der Waals surface area (Å²) in [5.41, 5.74) is 2.19. The van der Waals surface area contributed by atoms with Crippen LogP contribution in [-0.2, 0) is 16.6 Å². The zero-order valence-electron chi connectivity index (χ0n) is 12.1. The second-order valence-corrected chi connectivity index (χ2v) is 6.07. The van der Waals surface area contributed by atoms with E-state index >= 15 is 0 Å². The number of rotatable bonds is 5. The molecule has 1 fully saturated rings. The molecule has 1 saturated carbocycles. The lowest BCUT2D eigenvalue weighted by molar-refractivity contribution is -0.143. The second-order valence-electron chi connectivity index (χ2n) is 6.07. The van der Waals surface area contributed by atoms with Gasteiger partial charge in [-0.1, -0.05) is 30.3 Å². The van der Waals surface area contributed by atoms with Crippen molar-refractivity contribution in [2.75, 3.05) is 0 Å². The molecule has 0 bridgehead atoms. The number of benzene rings is 1. The Kier molecular flexibility index (Phi) is 3.50. The van der Waals surface area contributed by atoms with Crippen molar-refractivity contribution >= 4 is 5.97 Å². The van der Waals surface area contributed by atoms with Crippen molar-refractivity contribution in [1.29, 1.82) is 0 Å². The van der Waals surface area contributed by atoms with Crippen LogP contribution in [0, 0.1) is 0 Å². The predicted octanol–water partition coefficient (Wildman–Crippen LogP) is 3.54. The minimum Gasteiger partial charge on any atom is -0.481 e. The number of hydrogen-bond acceptors (Lipinski definition) is 2. The average molecular weight is 281 g/mol. The zero-order chi connectivity index (χ0) is 14.9. The molecule has 108 valence electrons. The highest BCUT2D eigenvalue weighted by Crippen LogP contribution is 2.40. The van der Waals surface area contributed by atoms with E-state index in [1.54, 1.807) is 19.3 Å². The lowest BCUT2D eigenvalue weighted by Gasteiger charge is -2.25. The van der Waals surface area contributed by atoms with Gasteiger partial charge in [0.25, 0.3) is 0 Å². The van der Waals surface area contributed by atoms with Gasteiger partial charge in [0.1, 0.15) is 0 Å². The molecule has 21 heavy (non-hydrogen) atoms. The van der Waals surface area contributed by atoms with Crippen LogP contribution in [0.5, 0.6) is 0 Å². The summed E-state index contributed by atoms with van der Waals surface area (Å²) in [6.07, 6.45) is 6.39. The molecule has 1 aliphatic rings. The second kappa shape index (κ2) is 5.32. The molecule has 2 aromatic rings. The van der Waals surface area contributed by atoms with Crippen LogP contribution in [0.2, 0.25) is 0 Å². The lowest BCUT2D eigenvalue weighted by Crippen LogP contribution is -2.34. The third-order valence-electron chi connectivity index (χ3n) is 4.35. The first kappa shape index (κ1) is 13.8. The minimum atomic E-state index is -0.925. The molecule has 0 aliphatic heterocycles. The predicted molar refractivity (Wildman–Crippen MR) is 81.3 cm³/mol. The van der Waals surface area contributed by atoms with E-state index in [0.29, 0.717) is 12.3 Å². The maximum atomic E-state index is 11.8. The molecule has 0 spiro atoms. The number of nitrogens with zero attached hydrogens (tertiary/aromatic N) is 1. The first-order valence-electron chi connectivity index (χ1n) is 7.32. The molecule has 1 aliphatic carbocycles. The normalized spacial score (nSPS) is 17.2. The SMILES string of the molecule is CC(Cc1cccnc1)(C(=O)O)c1ccc(C2CC2)cc1. The van der Waals surface area contributed by atoms with Crippen LogP contribution >= 0.6 is 0 Å². The van der Waals surface area contributed by atoms with E-state index in [1.165, 1.54) is 18.4 Å². The third kappa shape index (κ3) is 2.82. The van der Waals surface area contributed by atoms with Crippen LogP contribution in [0.15, 0.2) is 48.8 Å². The van der Waals surface area contributed by atoms with E-state index in [9.17, 15) is 9.90 Å². The van der Waals surface area contributed by atoms with Crippen LogP contribution in [0.3, 0.4) is 0 Å². The van der Waals surface area contributed by atoms with Crippen molar-refractivity contribution in [1.82, 2.24) is 4.98 Å². The lowest BCUT2D eigenvalue weighted by atomic mass is 9.77. The van der Waals surface area contributed by atoms with E-state index in [1.807, 2.05) is 24.3 Å². The monoisotopic (exact) mass is 281 g/mol. The zero-order valence-corrected chi connectivity index (χ0v) is 12.1. The van der Waals surface area contributed by atoms with Gasteiger partial charge in [-0.2, -0.15) is 0 Å². The van der Waals surface area contributed by atoms with Gasteiger partial charge in [0.2, 0.25) is 0 Å². The van der Waals surface area contributed by atoms with Crippen molar-refractivity contribution in [3.63, 3.8) is 0 Å². The summed E-state index contributed by atoms with van der Waals surface area (Å²) < 4.78 is 0. The van der Waals surface area contributed by atoms with E-state index in [2.05, 4.69) is 17.1 Å². The van der Waals surface area contributed by atoms with E-state index in [-0.39, 0.29) is 0 Å². The Morgan fingerprint density at radius 1 is 1.29 bits per heavy atom. The van der Waals surface area contributed by atoms with E-state index in [4.69, 9.17) is 0 Å². The molecule has 3 rings (SSSR count). The highest BCUT2D eigenvalue weighted by Gasteiger charge is 2.35. The number of pyridine rings is 1. The van der Waals surface area contributed by atoms with Gasteiger partial charge in [0.15, 0.2) is 0 Å². The Hall–Kier alpha value is -2.16. The van der Waals surface area contributed by atoms with E-state index < -0.39 is 11.4 Å². The largest absolute Gasteiger partial charge is 0.481 e. The molecule has 0 amide bonds. The summed E-state index contributed by atoms with van der Waals surface area (Å²) in [7, 11) is 0. The summed E-state index contributed by atoms with van der Waals surface area (Å²) in [6.45, 7) is 1.79. The Labute approximate surface area is 124 Å². The molecular formula is C18H19NO2. The highest BCUT2D eigenvalue weighted by molar-refractivity contribution is 5.81. The van der Waals surface area contributed by atoms with Gasteiger partial charge in [0.05, 0.1) is 5.41 Å². The molecule has 1 atom stereocenters. The number of hydrogen-bond donors (Lipinski definition) is 1. The highest BCUT2D eigenvalue weighted by atomic mass is 16.4. The summed E-state index contributed by atoms with van der Waals surface area (Å²) in [5, 5.41) is 9.72.